The van der Waals surface area contributed by atoms with Crippen LogP contribution in [0.15, 0.2) is 67.0 Å². The van der Waals surface area contributed by atoms with Crippen LogP contribution < -0.4 is 10.6 Å². The molecule has 0 bridgehead atoms. The molecule has 0 unspecified atom stereocenters. The molecular weight excluding hydrogens is 327 g/mol. The summed E-state index contributed by atoms with van der Waals surface area (Å²) in [6.07, 6.45) is 1.73. The van der Waals surface area contributed by atoms with Crippen molar-refractivity contribution in [2.45, 2.75) is 6.54 Å². The molecule has 1 saturated heterocycles. The van der Waals surface area contributed by atoms with Crippen molar-refractivity contribution in [3.63, 3.8) is 0 Å². The Morgan fingerprint density at radius 1 is 0.885 bits per heavy atom. The summed E-state index contributed by atoms with van der Waals surface area (Å²) in [6.45, 7) is 3.44. The second kappa shape index (κ2) is 8.16. The Balaban J connectivity index is 1.36. The van der Waals surface area contributed by atoms with Crippen molar-refractivity contribution in [1.82, 2.24) is 14.8 Å². The van der Waals surface area contributed by atoms with Crippen LogP contribution in [0.4, 0.5) is 5.69 Å². The number of hydrogen-bond donors (Lipinski definition) is 0. The first-order chi connectivity index (χ1) is 12.9. The van der Waals surface area contributed by atoms with Crippen LogP contribution in [0.1, 0.15) is 5.56 Å². The molecule has 0 radical (unpaired) electrons. The monoisotopic (exact) mass is 348 g/mol. The molecule has 0 aliphatic carbocycles. The highest BCUT2D eigenvalue weighted by Crippen LogP contribution is 2.13. The van der Waals surface area contributed by atoms with Crippen molar-refractivity contribution in [3.05, 3.63) is 72.6 Å². The van der Waals surface area contributed by atoms with Gasteiger partial charge in [-0.1, -0.05) is 48.5 Å². The van der Waals surface area contributed by atoms with Gasteiger partial charge in [-0.15, -0.1) is 0 Å². The Morgan fingerprint density at radius 2 is 1.54 bits per heavy atom. The van der Waals surface area contributed by atoms with Gasteiger partial charge in [-0.3, -0.25) is 0 Å². The minimum Gasteiger partial charge on any atom is -0.403 e. The number of benzene rings is 2. The summed E-state index contributed by atoms with van der Waals surface area (Å²) in [5.41, 5.74) is 2.94. The summed E-state index contributed by atoms with van der Waals surface area (Å²) in [5, 5.41) is 4.52. The summed E-state index contributed by atoms with van der Waals surface area (Å²) in [7, 11) is -0.509. The Kier molecular flexibility index (Phi) is 5.28. The Morgan fingerprint density at radius 3 is 2.23 bits per heavy atom. The van der Waals surface area contributed by atoms with Crippen molar-refractivity contribution in [2.24, 2.45) is 0 Å². The van der Waals surface area contributed by atoms with E-state index in [1.807, 2.05) is 41.1 Å². The quantitative estimate of drug-likeness (QED) is 0.670. The molecule has 7 heteroatoms. The zero-order chi connectivity index (χ0) is 17.6. The van der Waals surface area contributed by atoms with Gasteiger partial charge in [-0.2, -0.15) is 5.10 Å². The fourth-order valence-electron chi connectivity index (χ4n) is 3.01. The molecule has 2 heterocycles. The number of aromatic nitrogens is 3. The zero-order valence-corrected chi connectivity index (χ0v) is 14.6. The maximum absolute atomic E-state index is 5.88. The zero-order valence-electron chi connectivity index (χ0n) is 14.6. The van der Waals surface area contributed by atoms with Gasteiger partial charge in [0.25, 0.3) is 0 Å². The van der Waals surface area contributed by atoms with Crippen molar-refractivity contribution >= 4 is 18.5 Å². The summed E-state index contributed by atoms with van der Waals surface area (Å²) >= 11 is 0. The van der Waals surface area contributed by atoms with Crippen LogP contribution in [0.5, 0.6) is 0 Å². The van der Waals surface area contributed by atoms with Gasteiger partial charge < -0.3 is 14.2 Å². The number of nitrogens with zero attached hydrogens (tertiary/aromatic N) is 4. The van der Waals surface area contributed by atoms with Gasteiger partial charge >= 0.3 is 7.12 Å². The maximum atomic E-state index is 5.88. The van der Waals surface area contributed by atoms with E-state index in [2.05, 4.69) is 39.2 Å². The van der Waals surface area contributed by atoms with Crippen LogP contribution in [0.2, 0.25) is 0 Å². The van der Waals surface area contributed by atoms with E-state index >= 15 is 0 Å². The van der Waals surface area contributed by atoms with Gasteiger partial charge in [-0.05, 0) is 17.7 Å². The molecule has 1 aliphatic heterocycles. The minimum atomic E-state index is -0.509. The highest BCUT2D eigenvalue weighted by atomic mass is 16.6. The summed E-state index contributed by atoms with van der Waals surface area (Å²) in [6, 6.07) is 20.5. The van der Waals surface area contributed by atoms with Gasteiger partial charge in [0.2, 0.25) is 0 Å². The van der Waals surface area contributed by atoms with Crippen LogP contribution in [0, 0.1) is 0 Å². The first-order valence-electron chi connectivity index (χ1n) is 8.85. The topological polar surface area (TPSA) is 52.4 Å². The van der Waals surface area contributed by atoms with Gasteiger partial charge in [0.15, 0.2) is 5.72 Å². The molecule has 26 heavy (non-hydrogen) atoms. The van der Waals surface area contributed by atoms with E-state index in [-0.39, 0.29) is 0 Å². The largest absolute Gasteiger partial charge is 0.535 e. The van der Waals surface area contributed by atoms with E-state index in [1.54, 1.807) is 6.33 Å². The van der Waals surface area contributed by atoms with E-state index in [0.29, 0.717) is 25.5 Å². The Bertz CT molecular complexity index is 803. The average molecular weight is 348 g/mol. The number of rotatable bonds is 4. The van der Waals surface area contributed by atoms with Crippen LogP contribution in [-0.4, -0.2) is 48.2 Å². The van der Waals surface area contributed by atoms with Crippen molar-refractivity contribution in [2.75, 3.05) is 31.2 Å². The number of para-hydroxylation sites is 1. The van der Waals surface area contributed by atoms with Crippen LogP contribution in [0.3, 0.4) is 0 Å². The van der Waals surface area contributed by atoms with Crippen molar-refractivity contribution in [1.29, 1.82) is 0 Å². The molecule has 0 amide bonds. The van der Waals surface area contributed by atoms with Crippen LogP contribution in [0.25, 0.3) is 0 Å². The molecule has 0 spiro atoms. The third kappa shape index (κ3) is 4.12. The highest BCUT2D eigenvalue weighted by molar-refractivity contribution is 6.59. The highest BCUT2D eigenvalue weighted by Gasteiger charge is 2.28. The lowest BCUT2D eigenvalue weighted by Gasteiger charge is -2.28. The van der Waals surface area contributed by atoms with E-state index in [4.69, 9.17) is 9.31 Å². The second-order valence-corrected chi connectivity index (χ2v) is 6.18. The van der Waals surface area contributed by atoms with E-state index in [9.17, 15) is 0 Å². The fraction of sp³-hybridized carbons (Fsp3) is 0.263. The normalized spacial score (nSPS) is 15.5. The van der Waals surface area contributed by atoms with Crippen molar-refractivity contribution < 1.29 is 9.31 Å². The SMILES string of the molecule is c1ccc(Cn2cnc(B3OCCN(c4ccccc4)CCO3)n2)cc1. The average Bonchev–Trinajstić information content (AvgIpc) is 3.11. The molecule has 0 saturated carbocycles. The smallest absolute Gasteiger partial charge is 0.403 e. The lowest BCUT2D eigenvalue weighted by molar-refractivity contribution is 0.196. The van der Waals surface area contributed by atoms with Crippen molar-refractivity contribution in [3.8, 4) is 0 Å². The molecule has 1 fully saturated rings. The first-order valence-corrected chi connectivity index (χ1v) is 8.85. The molecule has 2 aromatic carbocycles. The predicted molar refractivity (Wildman–Crippen MR) is 102 cm³/mol. The van der Waals surface area contributed by atoms with Gasteiger partial charge in [0.05, 0.1) is 6.54 Å². The Labute approximate surface area is 153 Å². The molecular formula is C19H21BN4O2. The lowest BCUT2D eigenvalue weighted by atomic mass is 9.89. The second-order valence-electron chi connectivity index (χ2n) is 6.18. The van der Waals surface area contributed by atoms with E-state index in [1.165, 1.54) is 11.3 Å². The molecule has 4 rings (SSSR count). The molecule has 0 N–H and O–H groups in total. The molecule has 1 aromatic heterocycles. The van der Waals surface area contributed by atoms with Crippen LogP contribution in [-0.2, 0) is 15.9 Å². The molecule has 6 nitrogen and oxygen atoms in total. The Hall–Kier alpha value is -2.64. The number of hydrogen-bond acceptors (Lipinski definition) is 5. The molecule has 132 valence electrons. The molecule has 3 aromatic rings. The third-order valence-electron chi connectivity index (χ3n) is 4.33. The minimum absolute atomic E-state index is 0.509. The maximum Gasteiger partial charge on any atom is 0.535 e. The summed E-state index contributed by atoms with van der Waals surface area (Å²) < 4.78 is 13.6. The summed E-state index contributed by atoms with van der Waals surface area (Å²) in [5.74, 6) is 0. The fourth-order valence-corrected chi connectivity index (χ4v) is 3.01. The first kappa shape index (κ1) is 16.8. The van der Waals surface area contributed by atoms with Gasteiger partial charge in [0.1, 0.15) is 6.33 Å². The van der Waals surface area contributed by atoms with Crippen LogP contribution >= 0.6 is 0 Å². The standard InChI is InChI=1S/C19H21BN4O2/c1-3-7-17(8-4-1)15-24-16-21-19(22-24)20-25-13-11-23(12-14-26-20)18-9-5-2-6-10-18/h1-10,16H,11-15H2. The third-order valence-corrected chi connectivity index (χ3v) is 4.33. The van der Waals surface area contributed by atoms with Gasteiger partial charge in [-0.25, -0.2) is 9.67 Å². The number of anilines is 1. The lowest BCUT2D eigenvalue weighted by Crippen LogP contribution is -2.46. The predicted octanol–water partition coefficient (Wildman–Crippen LogP) is 1.57. The van der Waals surface area contributed by atoms with E-state index in [0.717, 1.165) is 13.1 Å². The molecule has 1 aliphatic rings. The summed E-state index contributed by atoms with van der Waals surface area (Å²) in [4.78, 5) is 6.64. The van der Waals surface area contributed by atoms with Gasteiger partial charge in [0, 0.05) is 32.0 Å². The van der Waals surface area contributed by atoms with E-state index < -0.39 is 7.12 Å². The molecule has 0 atom stereocenters.